The van der Waals surface area contributed by atoms with E-state index in [-0.39, 0.29) is 16.6 Å². The highest BCUT2D eigenvalue weighted by molar-refractivity contribution is 7.89. The van der Waals surface area contributed by atoms with E-state index in [2.05, 4.69) is 0 Å². The average molecular weight is 308 g/mol. The first-order chi connectivity index (χ1) is 9.84. The van der Waals surface area contributed by atoms with E-state index in [9.17, 15) is 12.8 Å². The molecule has 0 aromatic heterocycles. The SMILES string of the molecule is CC(c1ccccc1)N(C)S(=O)(=O)c1ccc(F)cc1N. The third-order valence-electron chi connectivity index (χ3n) is 3.46. The summed E-state index contributed by atoms with van der Waals surface area (Å²) < 4.78 is 39.5. The molecule has 2 N–H and O–H groups in total. The van der Waals surface area contributed by atoms with Gasteiger partial charge in [-0.05, 0) is 30.7 Å². The van der Waals surface area contributed by atoms with Crippen molar-refractivity contribution in [3.63, 3.8) is 0 Å². The Bertz CT molecular complexity index is 733. The van der Waals surface area contributed by atoms with Crippen LogP contribution in [0.1, 0.15) is 18.5 Å². The number of nitrogens with two attached hydrogens (primary N) is 1. The first kappa shape index (κ1) is 15.5. The Kier molecular flexibility index (Phi) is 4.29. The number of nitrogen functional groups attached to an aromatic ring is 1. The van der Waals surface area contributed by atoms with Crippen molar-refractivity contribution in [2.24, 2.45) is 0 Å². The first-order valence-electron chi connectivity index (χ1n) is 6.42. The van der Waals surface area contributed by atoms with E-state index in [1.807, 2.05) is 30.3 Å². The monoisotopic (exact) mass is 308 g/mol. The van der Waals surface area contributed by atoms with Crippen LogP contribution in [0.5, 0.6) is 0 Å². The Morgan fingerprint density at radius 1 is 1.14 bits per heavy atom. The van der Waals surface area contributed by atoms with Crippen LogP contribution in [0.3, 0.4) is 0 Å². The standard InChI is InChI=1S/C15H17FN2O2S/c1-11(12-6-4-3-5-7-12)18(2)21(19,20)15-9-8-13(16)10-14(15)17/h3-11H,17H2,1-2H3. The zero-order valence-corrected chi connectivity index (χ0v) is 12.6. The number of hydrogen-bond donors (Lipinski definition) is 1. The van der Waals surface area contributed by atoms with Crippen molar-refractivity contribution >= 4 is 15.7 Å². The molecular formula is C15H17FN2O2S. The number of halogens is 1. The number of nitrogens with zero attached hydrogens (tertiary/aromatic N) is 1. The number of benzene rings is 2. The summed E-state index contributed by atoms with van der Waals surface area (Å²) in [6, 6.07) is 12.2. The molecule has 0 radical (unpaired) electrons. The van der Waals surface area contributed by atoms with Gasteiger partial charge < -0.3 is 5.73 Å². The van der Waals surface area contributed by atoms with Crippen LogP contribution >= 0.6 is 0 Å². The Morgan fingerprint density at radius 2 is 1.76 bits per heavy atom. The van der Waals surface area contributed by atoms with Crippen molar-refractivity contribution in [3.05, 3.63) is 59.9 Å². The van der Waals surface area contributed by atoms with Gasteiger partial charge in [0.15, 0.2) is 0 Å². The summed E-state index contributed by atoms with van der Waals surface area (Å²) in [6.07, 6.45) is 0. The molecule has 0 amide bonds. The lowest BCUT2D eigenvalue weighted by Gasteiger charge is -2.25. The van der Waals surface area contributed by atoms with Crippen LogP contribution in [0.25, 0.3) is 0 Å². The molecule has 0 bridgehead atoms. The number of rotatable bonds is 4. The van der Waals surface area contributed by atoms with E-state index in [1.165, 1.54) is 17.4 Å². The van der Waals surface area contributed by atoms with Gasteiger partial charge in [0, 0.05) is 13.1 Å². The van der Waals surface area contributed by atoms with Crippen LogP contribution in [0.2, 0.25) is 0 Å². The molecule has 0 saturated carbocycles. The van der Waals surface area contributed by atoms with Crippen LogP contribution in [-0.2, 0) is 10.0 Å². The quantitative estimate of drug-likeness (QED) is 0.883. The van der Waals surface area contributed by atoms with Crippen molar-refractivity contribution in [1.29, 1.82) is 0 Å². The summed E-state index contributed by atoms with van der Waals surface area (Å²) in [7, 11) is -2.31. The molecule has 2 rings (SSSR count). The Morgan fingerprint density at radius 3 is 2.33 bits per heavy atom. The zero-order chi connectivity index (χ0) is 15.6. The normalized spacial score (nSPS) is 13.3. The molecule has 4 nitrogen and oxygen atoms in total. The van der Waals surface area contributed by atoms with Crippen molar-refractivity contribution in [2.75, 3.05) is 12.8 Å². The van der Waals surface area contributed by atoms with Gasteiger partial charge in [-0.3, -0.25) is 0 Å². The average Bonchev–Trinajstić information content (AvgIpc) is 2.46. The fourth-order valence-electron chi connectivity index (χ4n) is 2.06. The third kappa shape index (κ3) is 3.06. The maximum Gasteiger partial charge on any atom is 0.245 e. The predicted octanol–water partition coefficient (Wildman–Crippen LogP) is 2.79. The molecule has 0 heterocycles. The topological polar surface area (TPSA) is 63.4 Å². The van der Waals surface area contributed by atoms with Gasteiger partial charge in [-0.25, -0.2) is 12.8 Å². The smallest absolute Gasteiger partial charge is 0.245 e. The molecule has 0 spiro atoms. The molecule has 6 heteroatoms. The van der Waals surface area contributed by atoms with Gasteiger partial charge in [-0.15, -0.1) is 0 Å². The van der Waals surface area contributed by atoms with Crippen LogP contribution in [0, 0.1) is 5.82 Å². The molecule has 0 aliphatic carbocycles. The van der Waals surface area contributed by atoms with Crippen LogP contribution in [0.15, 0.2) is 53.4 Å². The highest BCUT2D eigenvalue weighted by Crippen LogP contribution is 2.28. The highest BCUT2D eigenvalue weighted by atomic mass is 32.2. The number of sulfonamides is 1. The second-order valence-electron chi connectivity index (χ2n) is 4.79. The molecule has 2 aromatic rings. The molecule has 0 fully saturated rings. The molecule has 1 atom stereocenters. The summed E-state index contributed by atoms with van der Waals surface area (Å²) in [6.45, 7) is 1.78. The van der Waals surface area contributed by atoms with Gasteiger partial charge in [0.1, 0.15) is 10.7 Å². The third-order valence-corrected chi connectivity index (χ3v) is 5.46. The first-order valence-corrected chi connectivity index (χ1v) is 7.86. The minimum absolute atomic E-state index is 0.0887. The van der Waals surface area contributed by atoms with Crippen molar-refractivity contribution < 1.29 is 12.8 Å². The van der Waals surface area contributed by atoms with Gasteiger partial charge in [0.05, 0.1) is 5.69 Å². The lowest BCUT2D eigenvalue weighted by atomic mass is 10.1. The van der Waals surface area contributed by atoms with Gasteiger partial charge in [0.2, 0.25) is 10.0 Å². The Labute approximate surface area is 124 Å². The van der Waals surface area contributed by atoms with E-state index in [0.29, 0.717) is 0 Å². The summed E-state index contributed by atoms with van der Waals surface area (Å²) >= 11 is 0. The molecule has 0 saturated heterocycles. The second-order valence-corrected chi connectivity index (χ2v) is 6.76. The van der Waals surface area contributed by atoms with Crippen molar-refractivity contribution in [3.8, 4) is 0 Å². The minimum Gasteiger partial charge on any atom is -0.398 e. The largest absolute Gasteiger partial charge is 0.398 e. The highest BCUT2D eigenvalue weighted by Gasteiger charge is 2.28. The maximum atomic E-state index is 13.1. The maximum absolute atomic E-state index is 13.1. The Hall–Kier alpha value is -1.92. The minimum atomic E-state index is -3.79. The molecular weight excluding hydrogens is 291 g/mol. The summed E-state index contributed by atoms with van der Waals surface area (Å²) in [5.41, 5.74) is 6.41. The van der Waals surface area contributed by atoms with Crippen LogP contribution in [0.4, 0.5) is 10.1 Å². The lowest BCUT2D eigenvalue weighted by molar-refractivity contribution is 0.398. The number of hydrogen-bond acceptors (Lipinski definition) is 3. The summed E-state index contributed by atoms with van der Waals surface area (Å²) in [5, 5.41) is 0. The van der Waals surface area contributed by atoms with Gasteiger partial charge in [-0.2, -0.15) is 4.31 Å². The van der Waals surface area contributed by atoms with E-state index < -0.39 is 15.8 Å². The number of anilines is 1. The van der Waals surface area contributed by atoms with Gasteiger partial charge in [-0.1, -0.05) is 30.3 Å². The molecule has 0 aliphatic rings. The van der Waals surface area contributed by atoms with E-state index >= 15 is 0 Å². The predicted molar refractivity (Wildman–Crippen MR) is 80.6 cm³/mol. The van der Waals surface area contributed by atoms with Gasteiger partial charge in [0.25, 0.3) is 0 Å². The van der Waals surface area contributed by atoms with E-state index in [0.717, 1.165) is 17.7 Å². The summed E-state index contributed by atoms with van der Waals surface area (Å²) in [4.78, 5) is -0.0887. The van der Waals surface area contributed by atoms with Crippen LogP contribution in [-0.4, -0.2) is 19.8 Å². The van der Waals surface area contributed by atoms with E-state index in [1.54, 1.807) is 6.92 Å². The molecule has 112 valence electrons. The molecule has 0 aliphatic heterocycles. The molecule has 2 aromatic carbocycles. The fourth-order valence-corrected chi connectivity index (χ4v) is 3.50. The van der Waals surface area contributed by atoms with E-state index in [4.69, 9.17) is 5.73 Å². The summed E-state index contributed by atoms with van der Waals surface area (Å²) in [5.74, 6) is -0.565. The lowest BCUT2D eigenvalue weighted by Crippen LogP contribution is -2.30. The second kappa shape index (κ2) is 5.83. The fraction of sp³-hybridized carbons (Fsp3) is 0.200. The zero-order valence-electron chi connectivity index (χ0n) is 11.8. The molecule has 21 heavy (non-hydrogen) atoms. The van der Waals surface area contributed by atoms with Crippen molar-refractivity contribution in [2.45, 2.75) is 17.9 Å². The van der Waals surface area contributed by atoms with Crippen LogP contribution < -0.4 is 5.73 Å². The van der Waals surface area contributed by atoms with Gasteiger partial charge >= 0.3 is 0 Å². The molecule has 1 unspecified atom stereocenters. The van der Waals surface area contributed by atoms with Crippen molar-refractivity contribution in [1.82, 2.24) is 4.31 Å². The Balaban J connectivity index is 2.39.